The van der Waals surface area contributed by atoms with Gasteiger partial charge in [0.15, 0.2) is 11.6 Å². The van der Waals surface area contributed by atoms with Crippen molar-refractivity contribution in [2.24, 2.45) is 0 Å². The number of aliphatic hydroxyl groups is 1. The second-order valence-corrected chi connectivity index (χ2v) is 9.22. The Morgan fingerprint density at radius 1 is 1.00 bits per heavy atom. The van der Waals surface area contributed by atoms with Crippen molar-refractivity contribution in [3.8, 4) is 28.8 Å². The highest BCUT2D eigenvalue weighted by Gasteiger charge is 2.27. The fourth-order valence-electron chi connectivity index (χ4n) is 3.92. The van der Waals surface area contributed by atoms with E-state index >= 15 is 0 Å². The number of aryl methyl sites for hydroxylation is 2. The number of hydrogen-bond acceptors (Lipinski definition) is 7. The number of methoxy groups -OCH3 is 1. The SMILES string of the molecule is COc1ccc(-c2nc3c(c(SCc4ccc(C)cc4)n2)Cc2c(CO)cnc(C)c2O3)cc1. The van der Waals surface area contributed by atoms with Gasteiger partial charge in [0.25, 0.3) is 0 Å². The summed E-state index contributed by atoms with van der Waals surface area (Å²) in [4.78, 5) is 14.1. The van der Waals surface area contributed by atoms with E-state index in [1.807, 2.05) is 31.2 Å². The predicted octanol–water partition coefficient (Wildman–Crippen LogP) is 5.65. The molecule has 2 aromatic heterocycles. The molecule has 0 aliphatic carbocycles. The second-order valence-electron chi connectivity index (χ2n) is 8.25. The van der Waals surface area contributed by atoms with Gasteiger partial charge in [-0.25, -0.2) is 4.98 Å². The molecule has 0 unspecified atom stereocenters. The Kier molecular flexibility index (Phi) is 6.22. The predicted molar refractivity (Wildman–Crippen MR) is 133 cm³/mol. The van der Waals surface area contributed by atoms with Crippen molar-refractivity contribution in [2.45, 2.75) is 37.7 Å². The topological polar surface area (TPSA) is 77.4 Å². The molecule has 2 aromatic carbocycles. The minimum absolute atomic E-state index is 0.0923. The number of thioether (sulfide) groups is 1. The third-order valence-corrected chi connectivity index (χ3v) is 6.99. The number of fused-ring (bicyclic) bond motifs is 2. The molecule has 7 heteroatoms. The van der Waals surface area contributed by atoms with Crippen molar-refractivity contribution in [3.05, 3.63) is 88.2 Å². The average Bonchev–Trinajstić information content (AvgIpc) is 2.87. The normalized spacial score (nSPS) is 12.0. The summed E-state index contributed by atoms with van der Waals surface area (Å²) in [7, 11) is 1.65. The minimum atomic E-state index is -0.0923. The summed E-state index contributed by atoms with van der Waals surface area (Å²) in [6.45, 7) is 3.90. The van der Waals surface area contributed by atoms with Gasteiger partial charge in [-0.2, -0.15) is 4.98 Å². The molecule has 0 radical (unpaired) electrons. The molecule has 0 spiro atoms. The van der Waals surface area contributed by atoms with Crippen molar-refractivity contribution in [1.82, 2.24) is 15.0 Å². The summed E-state index contributed by atoms with van der Waals surface area (Å²) in [5.41, 5.74) is 6.76. The van der Waals surface area contributed by atoms with Crippen LogP contribution in [0.1, 0.15) is 33.5 Å². The Morgan fingerprint density at radius 2 is 1.76 bits per heavy atom. The number of benzene rings is 2. The molecular formula is C27H25N3O3S. The molecule has 172 valence electrons. The van der Waals surface area contributed by atoms with Gasteiger partial charge >= 0.3 is 0 Å². The molecule has 34 heavy (non-hydrogen) atoms. The summed E-state index contributed by atoms with van der Waals surface area (Å²) in [5.74, 6) is 3.37. The first-order chi connectivity index (χ1) is 16.6. The molecule has 1 aliphatic rings. The van der Waals surface area contributed by atoms with Crippen molar-refractivity contribution < 1.29 is 14.6 Å². The number of ether oxygens (including phenoxy) is 2. The Bertz CT molecular complexity index is 1340. The van der Waals surface area contributed by atoms with Crippen molar-refractivity contribution >= 4 is 11.8 Å². The molecule has 1 N–H and O–H groups in total. The van der Waals surface area contributed by atoms with E-state index in [1.165, 1.54) is 11.1 Å². The molecule has 4 aromatic rings. The zero-order valence-corrected chi connectivity index (χ0v) is 20.1. The summed E-state index contributed by atoms with van der Waals surface area (Å²) in [5, 5.41) is 10.7. The standard InChI is InChI=1S/C27H25N3O3S/c1-16-4-6-18(7-5-16)15-34-27-23-12-22-20(14-31)13-28-17(2)24(22)33-26(23)29-25(30-27)19-8-10-21(32-3)11-9-19/h4-11,13,31H,12,14-15H2,1-3H3. The van der Waals surface area contributed by atoms with Crippen LogP contribution in [0.2, 0.25) is 0 Å². The van der Waals surface area contributed by atoms with Crippen LogP contribution in [-0.2, 0) is 18.8 Å². The molecular weight excluding hydrogens is 446 g/mol. The van der Waals surface area contributed by atoms with Gasteiger partial charge in [0.1, 0.15) is 10.8 Å². The van der Waals surface area contributed by atoms with Crippen LogP contribution in [0, 0.1) is 13.8 Å². The van der Waals surface area contributed by atoms with Gasteiger partial charge in [0.05, 0.1) is 25.0 Å². The van der Waals surface area contributed by atoms with E-state index in [-0.39, 0.29) is 6.61 Å². The van der Waals surface area contributed by atoms with Crippen LogP contribution < -0.4 is 9.47 Å². The van der Waals surface area contributed by atoms with E-state index in [0.29, 0.717) is 23.9 Å². The molecule has 5 rings (SSSR count). The molecule has 0 amide bonds. The smallest absolute Gasteiger partial charge is 0.227 e. The van der Waals surface area contributed by atoms with Gasteiger partial charge in [-0.1, -0.05) is 29.8 Å². The van der Waals surface area contributed by atoms with E-state index in [9.17, 15) is 5.11 Å². The lowest BCUT2D eigenvalue weighted by atomic mass is 9.99. The van der Waals surface area contributed by atoms with Gasteiger partial charge in [-0.15, -0.1) is 11.8 Å². The largest absolute Gasteiger partial charge is 0.497 e. The van der Waals surface area contributed by atoms with Gasteiger partial charge in [0.2, 0.25) is 5.88 Å². The quantitative estimate of drug-likeness (QED) is 0.253. The summed E-state index contributed by atoms with van der Waals surface area (Å²) < 4.78 is 11.6. The Hall–Kier alpha value is -3.42. The van der Waals surface area contributed by atoms with Crippen LogP contribution >= 0.6 is 11.8 Å². The molecule has 0 bridgehead atoms. The minimum Gasteiger partial charge on any atom is -0.497 e. The van der Waals surface area contributed by atoms with E-state index in [0.717, 1.165) is 44.5 Å². The van der Waals surface area contributed by atoms with Gasteiger partial charge in [-0.3, -0.25) is 4.98 Å². The lowest BCUT2D eigenvalue weighted by molar-refractivity contribution is 0.278. The van der Waals surface area contributed by atoms with E-state index in [2.05, 4.69) is 36.2 Å². The van der Waals surface area contributed by atoms with E-state index < -0.39 is 0 Å². The number of aliphatic hydroxyl groups excluding tert-OH is 1. The first kappa shape index (κ1) is 22.4. The zero-order chi connectivity index (χ0) is 23.7. The third kappa shape index (κ3) is 4.36. The van der Waals surface area contributed by atoms with Crippen LogP contribution in [0.4, 0.5) is 0 Å². The highest BCUT2D eigenvalue weighted by Crippen LogP contribution is 2.43. The summed E-state index contributed by atoms with van der Waals surface area (Å²) in [6, 6.07) is 16.2. The Morgan fingerprint density at radius 3 is 2.47 bits per heavy atom. The Labute approximate surface area is 203 Å². The van der Waals surface area contributed by atoms with Crippen LogP contribution in [-0.4, -0.2) is 27.2 Å². The molecule has 1 aliphatic heterocycles. The fraction of sp³-hybridized carbons (Fsp3) is 0.222. The molecule has 6 nitrogen and oxygen atoms in total. The Balaban J connectivity index is 1.57. The number of nitrogens with zero attached hydrogens (tertiary/aromatic N) is 3. The van der Waals surface area contributed by atoms with E-state index in [1.54, 1.807) is 25.1 Å². The van der Waals surface area contributed by atoms with Crippen LogP contribution in [0.5, 0.6) is 17.4 Å². The first-order valence-electron chi connectivity index (χ1n) is 11.1. The molecule has 0 fully saturated rings. The maximum absolute atomic E-state index is 9.87. The van der Waals surface area contributed by atoms with Gasteiger partial charge < -0.3 is 14.6 Å². The van der Waals surface area contributed by atoms with E-state index in [4.69, 9.17) is 19.4 Å². The zero-order valence-electron chi connectivity index (χ0n) is 19.3. The second kappa shape index (κ2) is 9.44. The van der Waals surface area contributed by atoms with Crippen molar-refractivity contribution in [2.75, 3.05) is 7.11 Å². The van der Waals surface area contributed by atoms with Crippen LogP contribution in [0.15, 0.2) is 59.8 Å². The molecule has 0 atom stereocenters. The van der Waals surface area contributed by atoms with Gasteiger partial charge in [0, 0.05) is 35.1 Å². The fourth-order valence-corrected chi connectivity index (χ4v) is 4.90. The third-order valence-electron chi connectivity index (χ3n) is 5.90. The maximum Gasteiger partial charge on any atom is 0.227 e. The average molecular weight is 472 g/mol. The summed E-state index contributed by atoms with van der Waals surface area (Å²) >= 11 is 1.67. The van der Waals surface area contributed by atoms with Crippen molar-refractivity contribution in [3.63, 3.8) is 0 Å². The molecule has 0 saturated heterocycles. The number of aromatic nitrogens is 3. The monoisotopic (exact) mass is 471 g/mol. The number of pyridine rings is 1. The maximum atomic E-state index is 9.87. The van der Waals surface area contributed by atoms with Crippen LogP contribution in [0.3, 0.4) is 0 Å². The highest BCUT2D eigenvalue weighted by atomic mass is 32.2. The lowest BCUT2D eigenvalue weighted by Gasteiger charge is -2.24. The highest BCUT2D eigenvalue weighted by molar-refractivity contribution is 7.98. The van der Waals surface area contributed by atoms with Gasteiger partial charge in [-0.05, 0) is 43.7 Å². The lowest BCUT2D eigenvalue weighted by Crippen LogP contribution is -2.13. The molecule has 3 heterocycles. The summed E-state index contributed by atoms with van der Waals surface area (Å²) in [6.07, 6.45) is 2.30. The first-order valence-corrected chi connectivity index (χ1v) is 12.0. The number of hydrogen-bond donors (Lipinski definition) is 1. The van der Waals surface area contributed by atoms with Crippen molar-refractivity contribution in [1.29, 1.82) is 0 Å². The molecule has 0 saturated carbocycles. The number of rotatable bonds is 6. The van der Waals surface area contributed by atoms with Crippen LogP contribution in [0.25, 0.3) is 11.4 Å².